The largest absolute Gasteiger partial charge is 0.368 e. The quantitative estimate of drug-likeness (QED) is 0.661. The van der Waals surface area contributed by atoms with Crippen LogP contribution < -0.4 is 10.2 Å². The minimum absolute atomic E-state index is 0.0915. The lowest BCUT2D eigenvalue weighted by Gasteiger charge is -2.36. The van der Waals surface area contributed by atoms with Crippen molar-refractivity contribution in [2.24, 2.45) is 0 Å². The molecule has 0 saturated carbocycles. The van der Waals surface area contributed by atoms with Gasteiger partial charge in [0.2, 0.25) is 5.91 Å². The highest BCUT2D eigenvalue weighted by Crippen LogP contribution is 2.26. The number of nitro groups is 1. The molecule has 0 spiro atoms. The third-order valence-corrected chi connectivity index (χ3v) is 3.71. The van der Waals surface area contributed by atoms with Crippen molar-refractivity contribution in [3.63, 3.8) is 0 Å². The number of carbonyl (C=O) groups is 1. The fraction of sp³-hybridized carbons (Fsp3) is 0.500. The molecule has 1 aliphatic heterocycles. The Morgan fingerprint density at radius 3 is 2.52 bits per heavy atom. The molecule has 2 rings (SSSR count). The van der Waals surface area contributed by atoms with Gasteiger partial charge in [0.1, 0.15) is 0 Å². The second kappa shape index (κ2) is 6.53. The van der Waals surface area contributed by atoms with Crippen LogP contribution in [-0.4, -0.2) is 49.0 Å². The van der Waals surface area contributed by atoms with Gasteiger partial charge in [0, 0.05) is 57.5 Å². The number of non-ortho nitro benzene ring substituents is 1. The molecule has 1 amide bonds. The SMILES string of the molecule is CNCc1cc([N+](=O)[O-])ccc1N1CCN(C(C)=O)CC1. The first-order valence-corrected chi connectivity index (χ1v) is 6.95. The lowest BCUT2D eigenvalue weighted by molar-refractivity contribution is -0.384. The number of benzene rings is 1. The summed E-state index contributed by atoms with van der Waals surface area (Å²) in [6.45, 7) is 5.01. The van der Waals surface area contributed by atoms with E-state index in [0.29, 0.717) is 19.6 Å². The Morgan fingerprint density at radius 2 is 2.00 bits per heavy atom. The van der Waals surface area contributed by atoms with E-state index in [1.807, 2.05) is 11.9 Å². The van der Waals surface area contributed by atoms with Gasteiger partial charge in [0.25, 0.3) is 5.69 Å². The average molecular weight is 292 g/mol. The maximum Gasteiger partial charge on any atom is 0.269 e. The van der Waals surface area contributed by atoms with Crippen LogP contribution in [0.3, 0.4) is 0 Å². The summed E-state index contributed by atoms with van der Waals surface area (Å²) in [5, 5.41) is 13.9. The smallest absolute Gasteiger partial charge is 0.269 e. The fourth-order valence-electron chi connectivity index (χ4n) is 2.59. The first-order valence-electron chi connectivity index (χ1n) is 6.95. The summed E-state index contributed by atoms with van der Waals surface area (Å²) in [6.07, 6.45) is 0. The van der Waals surface area contributed by atoms with Gasteiger partial charge in [0.05, 0.1) is 4.92 Å². The standard InChI is InChI=1S/C14H20N4O3/c1-11(19)16-5-7-17(8-6-16)14-4-3-13(18(20)21)9-12(14)10-15-2/h3-4,9,15H,5-8,10H2,1-2H3. The number of nitro benzene ring substituents is 1. The summed E-state index contributed by atoms with van der Waals surface area (Å²) in [5.41, 5.74) is 2.01. The number of hydrogen-bond acceptors (Lipinski definition) is 5. The van der Waals surface area contributed by atoms with Gasteiger partial charge in [-0.15, -0.1) is 0 Å². The molecular formula is C14H20N4O3. The summed E-state index contributed by atoms with van der Waals surface area (Å²) in [5.74, 6) is 0.0915. The number of carbonyl (C=O) groups excluding carboxylic acids is 1. The molecule has 0 radical (unpaired) electrons. The Balaban J connectivity index is 2.19. The molecular weight excluding hydrogens is 272 g/mol. The molecule has 1 saturated heterocycles. The maximum atomic E-state index is 11.4. The highest BCUT2D eigenvalue weighted by molar-refractivity contribution is 5.73. The lowest BCUT2D eigenvalue weighted by atomic mass is 10.1. The zero-order chi connectivity index (χ0) is 15.4. The van der Waals surface area contributed by atoms with Gasteiger partial charge < -0.3 is 15.1 Å². The molecule has 0 unspecified atom stereocenters. The van der Waals surface area contributed by atoms with E-state index in [1.165, 1.54) is 6.07 Å². The van der Waals surface area contributed by atoms with Crippen LogP contribution in [0.2, 0.25) is 0 Å². The number of rotatable bonds is 4. The van der Waals surface area contributed by atoms with Crippen LogP contribution in [0.5, 0.6) is 0 Å². The van der Waals surface area contributed by atoms with Crippen LogP contribution in [0, 0.1) is 10.1 Å². The van der Waals surface area contributed by atoms with Crippen molar-refractivity contribution in [1.29, 1.82) is 0 Å². The predicted octanol–water partition coefficient (Wildman–Crippen LogP) is 0.983. The molecule has 1 fully saturated rings. The Labute approximate surface area is 123 Å². The molecule has 1 aliphatic rings. The van der Waals surface area contributed by atoms with E-state index in [1.54, 1.807) is 19.1 Å². The van der Waals surface area contributed by atoms with E-state index in [2.05, 4.69) is 10.2 Å². The van der Waals surface area contributed by atoms with Gasteiger partial charge >= 0.3 is 0 Å². The van der Waals surface area contributed by atoms with Crippen molar-refractivity contribution in [1.82, 2.24) is 10.2 Å². The monoisotopic (exact) mass is 292 g/mol. The van der Waals surface area contributed by atoms with Gasteiger partial charge in [-0.1, -0.05) is 0 Å². The molecule has 1 aromatic carbocycles. The zero-order valence-electron chi connectivity index (χ0n) is 12.3. The second-order valence-corrected chi connectivity index (χ2v) is 5.09. The summed E-state index contributed by atoms with van der Waals surface area (Å²) in [6, 6.07) is 4.95. The molecule has 7 nitrogen and oxygen atoms in total. The normalized spacial score (nSPS) is 15.1. The summed E-state index contributed by atoms with van der Waals surface area (Å²) >= 11 is 0. The van der Waals surface area contributed by atoms with E-state index in [0.717, 1.165) is 24.3 Å². The lowest BCUT2D eigenvalue weighted by Crippen LogP contribution is -2.48. The van der Waals surface area contributed by atoms with Gasteiger partial charge in [-0.25, -0.2) is 0 Å². The Morgan fingerprint density at radius 1 is 1.33 bits per heavy atom. The van der Waals surface area contributed by atoms with Crippen LogP contribution in [-0.2, 0) is 11.3 Å². The molecule has 7 heteroatoms. The molecule has 21 heavy (non-hydrogen) atoms. The van der Waals surface area contributed by atoms with Crippen molar-refractivity contribution in [2.45, 2.75) is 13.5 Å². The Hall–Kier alpha value is -2.15. The summed E-state index contributed by atoms with van der Waals surface area (Å²) in [4.78, 5) is 25.9. The molecule has 1 heterocycles. The van der Waals surface area contributed by atoms with Crippen molar-refractivity contribution in [3.05, 3.63) is 33.9 Å². The maximum absolute atomic E-state index is 11.4. The number of piperazine rings is 1. The van der Waals surface area contributed by atoms with Gasteiger partial charge in [-0.3, -0.25) is 14.9 Å². The van der Waals surface area contributed by atoms with Crippen molar-refractivity contribution in [2.75, 3.05) is 38.1 Å². The summed E-state index contributed by atoms with van der Waals surface area (Å²) in [7, 11) is 1.82. The first kappa shape index (κ1) is 15.2. The molecule has 114 valence electrons. The van der Waals surface area contributed by atoms with E-state index in [9.17, 15) is 14.9 Å². The average Bonchev–Trinajstić information content (AvgIpc) is 2.47. The third-order valence-electron chi connectivity index (χ3n) is 3.71. The minimum atomic E-state index is -0.378. The van der Waals surface area contributed by atoms with E-state index in [-0.39, 0.29) is 16.5 Å². The topological polar surface area (TPSA) is 78.7 Å². The first-order chi connectivity index (χ1) is 10.0. The van der Waals surface area contributed by atoms with E-state index >= 15 is 0 Å². The Kier molecular flexibility index (Phi) is 4.74. The number of nitrogens with zero attached hydrogens (tertiary/aromatic N) is 3. The van der Waals surface area contributed by atoms with Crippen molar-refractivity contribution >= 4 is 17.3 Å². The van der Waals surface area contributed by atoms with Crippen molar-refractivity contribution < 1.29 is 9.72 Å². The van der Waals surface area contributed by atoms with E-state index < -0.39 is 0 Å². The van der Waals surface area contributed by atoms with Crippen molar-refractivity contribution in [3.8, 4) is 0 Å². The highest BCUT2D eigenvalue weighted by Gasteiger charge is 2.21. The van der Waals surface area contributed by atoms with Gasteiger partial charge in [0.15, 0.2) is 0 Å². The minimum Gasteiger partial charge on any atom is -0.368 e. The van der Waals surface area contributed by atoms with Gasteiger partial charge in [-0.05, 0) is 18.7 Å². The Bertz CT molecular complexity index is 539. The van der Waals surface area contributed by atoms with Crippen LogP contribution in [0.1, 0.15) is 12.5 Å². The third kappa shape index (κ3) is 3.49. The molecule has 1 aromatic rings. The molecule has 0 atom stereocenters. The molecule has 0 aliphatic carbocycles. The number of hydrogen-bond donors (Lipinski definition) is 1. The van der Waals surface area contributed by atoms with Crippen LogP contribution in [0.4, 0.5) is 11.4 Å². The van der Waals surface area contributed by atoms with Crippen LogP contribution in [0.15, 0.2) is 18.2 Å². The highest BCUT2D eigenvalue weighted by atomic mass is 16.6. The zero-order valence-corrected chi connectivity index (χ0v) is 12.3. The van der Waals surface area contributed by atoms with Crippen LogP contribution in [0.25, 0.3) is 0 Å². The predicted molar refractivity (Wildman–Crippen MR) is 80.3 cm³/mol. The van der Waals surface area contributed by atoms with Gasteiger partial charge in [-0.2, -0.15) is 0 Å². The number of nitrogens with one attached hydrogen (secondary N) is 1. The fourth-order valence-corrected chi connectivity index (χ4v) is 2.59. The summed E-state index contributed by atoms with van der Waals surface area (Å²) < 4.78 is 0. The number of amides is 1. The second-order valence-electron chi connectivity index (χ2n) is 5.09. The molecule has 1 N–H and O–H groups in total. The molecule has 0 bridgehead atoms. The number of anilines is 1. The molecule has 0 aromatic heterocycles. The van der Waals surface area contributed by atoms with Crippen LogP contribution >= 0.6 is 0 Å². The van der Waals surface area contributed by atoms with E-state index in [4.69, 9.17) is 0 Å².